The summed E-state index contributed by atoms with van der Waals surface area (Å²) in [5, 5.41) is 17.3. The number of phenols is 1. The molecule has 6 nitrogen and oxygen atoms in total. The fraction of sp³-hybridized carbons (Fsp3) is 0.500. The van der Waals surface area contributed by atoms with Crippen LogP contribution in [0, 0.1) is 5.92 Å². The number of hydrogen-bond donors (Lipinski definition) is 2. The molecule has 0 fully saturated rings. The van der Waals surface area contributed by atoms with E-state index in [2.05, 4.69) is 4.74 Å². The van der Waals surface area contributed by atoms with E-state index in [9.17, 15) is 14.7 Å². The first-order valence-electron chi connectivity index (χ1n) is 7.19. The van der Waals surface area contributed by atoms with Gasteiger partial charge in [0, 0.05) is 0 Å². The maximum atomic E-state index is 11.4. The van der Waals surface area contributed by atoms with Crippen LogP contribution in [0.4, 0.5) is 4.79 Å². The molecule has 0 amide bonds. The largest absolute Gasteiger partial charge is 0.507 e. The molecule has 0 aliphatic heterocycles. The van der Waals surface area contributed by atoms with Gasteiger partial charge in [-0.1, -0.05) is 39.3 Å². The number of hydrogen-bond acceptors (Lipinski definition) is 5. The van der Waals surface area contributed by atoms with Crippen molar-refractivity contribution in [3.8, 4) is 5.75 Å². The average molecular weight is 312 g/mol. The molecule has 0 radical (unpaired) electrons. The Morgan fingerprint density at radius 2 is 1.82 bits per heavy atom. The quantitative estimate of drug-likeness (QED) is 0.614. The molecule has 124 valence electrons. The van der Waals surface area contributed by atoms with Gasteiger partial charge in [-0.3, -0.25) is 0 Å². The molecule has 0 aliphatic rings. The summed E-state index contributed by atoms with van der Waals surface area (Å²) < 4.78 is 9.17. The summed E-state index contributed by atoms with van der Waals surface area (Å²) in [5.41, 5.74) is 0.226. The van der Waals surface area contributed by atoms with Crippen LogP contribution in [0.1, 0.15) is 44.0 Å². The number of aromatic hydroxyl groups is 1. The number of esters is 1. The number of benzene rings is 1. The lowest BCUT2D eigenvalue weighted by molar-refractivity contribution is 0.0496. The second-order valence-corrected chi connectivity index (χ2v) is 4.98. The normalized spacial score (nSPS) is 9.64. The molecule has 1 aromatic rings. The SMILES string of the molecule is CC(C)COC(=O)O.CCCCOC(=O)c1ccccc1O. The monoisotopic (exact) mass is 312 g/mol. The minimum atomic E-state index is -1.20. The van der Waals surface area contributed by atoms with E-state index in [1.54, 1.807) is 18.2 Å². The van der Waals surface area contributed by atoms with E-state index in [-0.39, 0.29) is 23.8 Å². The lowest BCUT2D eigenvalue weighted by Crippen LogP contribution is -2.06. The molecule has 2 N–H and O–H groups in total. The standard InChI is InChI=1S/C11H14O3.C5H10O3/c1-2-3-8-14-11(13)9-6-4-5-7-10(9)12;1-4(2)3-8-5(6)7/h4-7,12H,2-3,8H2,1H3;4H,3H2,1-2H3,(H,6,7). The first-order chi connectivity index (χ1) is 10.4. The zero-order valence-electron chi connectivity index (χ0n) is 13.2. The molecule has 0 bridgehead atoms. The molecular formula is C16H24O6. The van der Waals surface area contributed by atoms with Crippen LogP contribution in [0.2, 0.25) is 0 Å². The summed E-state index contributed by atoms with van der Waals surface area (Å²) in [7, 11) is 0. The first-order valence-corrected chi connectivity index (χ1v) is 7.19. The highest BCUT2D eigenvalue weighted by Crippen LogP contribution is 2.16. The van der Waals surface area contributed by atoms with Gasteiger partial charge < -0.3 is 19.7 Å². The zero-order valence-corrected chi connectivity index (χ0v) is 13.2. The molecule has 0 saturated heterocycles. The third-order valence-electron chi connectivity index (χ3n) is 2.40. The van der Waals surface area contributed by atoms with E-state index in [0.717, 1.165) is 12.8 Å². The Kier molecular flexibility index (Phi) is 10.3. The van der Waals surface area contributed by atoms with Gasteiger partial charge in [0.2, 0.25) is 0 Å². The maximum absolute atomic E-state index is 11.4. The van der Waals surface area contributed by atoms with Crippen molar-refractivity contribution in [3.63, 3.8) is 0 Å². The third kappa shape index (κ3) is 9.63. The first kappa shape index (κ1) is 19.8. The van der Waals surface area contributed by atoms with E-state index in [4.69, 9.17) is 9.84 Å². The Hall–Kier alpha value is -2.24. The van der Waals surface area contributed by atoms with Crippen LogP contribution < -0.4 is 0 Å². The highest BCUT2D eigenvalue weighted by atomic mass is 16.7. The van der Waals surface area contributed by atoms with Crippen LogP contribution in [0.5, 0.6) is 5.75 Å². The number of carbonyl (C=O) groups excluding carboxylic acids is 1. The Morgan fingerprint density at radius 1 is 1.18 bits per heavy atom. The second-order valence-electron chi connectivity index (χ2n) is 4.98. The zero-order chi connectivity index (χ0) is 17.0. The number of para-hydroxylation sites is 1. The molecule has 0 saturated carbocycles. The molecule has 0 aromatic heterocycles. The van der Waals surface area contributed by atoms with Crippen LogP contribution in [0.3, 0.4) is 0 Å². The minimum Gasteiger partial charge on any atom is -0.507 e. The summed E-state index contributed by atoms with van der Waals surface area (Å²) in [5.74, 6) is -0.211. The Labute approximate surface area is 130 Å². The number of carboxylic acid groups (broad SMARTS) is 1. The average Bonchev–Trinajstić information content (AvgIpc) is 2.46. The van der Waals surface area contributed by atoms with Crippen LogP contribution >= 0.6 is 0 Å². The van der Waals surface area contributed by atoms with Gasteiger partial charge in [-0.25, -0.2) is 9.59 Å². The fourth-order valence-corrected chi connectivity index (χ4v) is 1.27. The van der Waals surface area contributed by atoms with Gasteiger partial charge >= 0.3 is 12.1 Å². The maximum Gasteiger partial charge on any atom is 0.505 e. The molecule has 0 aliphatic carbocycles. The van der Waals surface area contributed by atoms with Crippen molar-refractivity contribution >= 4 is 12.1 Å². The predicted molar refractivity (Wildman–Crippen MR) is 82.1 cm³/mol. The Balaban J connectivity index is 0.000000472. The van der Waals surface area contributed by atoms with Crippen molar-refractivity contribution in [2.45, 2.75) is 33.6 Å². The summed E-state index contributed by atoms with van der Waals surface area (Å²) in [6.07, 6.45) is 0.631. The molecule has 1 rings (SSSR count). The van der Waals surface area contributed by atoms with Crippen LogP contribution in [0.15, 0.2) is 24.3 Å². The smallest absolute Gasteiger partial charge is 0.505 e. The van der Waals surface area contributed by atoms with Crippen LogP contribution in [-0.2, 0) is 9.47 Å². The van der Waals surface area contributed by atoms with Gasteiger partial charge in [-0.2, -0.15) is 0 Å². The van der Waals surface area contributed by atoms with Gasteiger partial charge in [-0.15, -0.1) is 0 Å². The molecule has 0 unspecified atom stereocenters. The predicted octanol–water partition coefficient (Wildman–Crippen LogP) is 3.69. The van der Waals surface area contributed by atoms with Gasteiger partial charge in [0.25, 0.3) is 0 Å². The van der Waals surface area contributed by atoms with Crippen LogP contribution in [0.25, 0.3) is 0 Å². The van der Waals surface area contributed by atoms with E-state index >= 15 is 0 Å². The summed E-state index contributed by atoms with van der Waals surface area (Å²) in [4.78, 5) is 21.0. The topological polar surface area (TPSA) is 93.1 Å². The van der Waals surface area contributed by atoms with Crippen LogP contribution in [-0.4, -0.2) is 35.6 Å². The van der Waals surface area contributed by atoms with Crippen molar-refractivity contribution in [1.82, 2.24) is 0 Å². The lowest BCUT2D eigenvalue weighted by Gasteiger charge is -2.04. The molecule has 22 heavy (non-hydrogen) atoms. The van der Waals surface area contributed by atoms with Crippen molar-refractivity contribution in [2.75, 3.05) is 13.2 Å². The van der Waals surface area contributed by atoms with E-state index in [0.29, 0.717) is 6.61 Å². The Morgan fingerprint density at radius 3 is 2.27 bits per heavy atom. The van der Waals surface area contributed by atoms with E-state index in [1.165, 1.54) is 6.07 Å². The molecule has 0 spiro atoms. The third-order valence-corrected chi connectivity index (χ3v) is 2.40. The number of phenolic OH excluding ortho intramolecular Hbond substituents is 1. The van der Waals surface area contributed by atoms with Gasteiger partial charge in [0.05, 0.1) is 13.2 Å². The minimum absolute atomic E-state index is 0.0333. The van der Waals surface area contributed by atoms with Gasteiger partial charge in [-0.05, 0) is 24.5 Å². The van der Waals surface area contributed by atoms with Crippen molar-refractivity contribution in [1.29, 1.82) is 0 Å². The second kappa shape index (κ2) is 11.4. The highest BCUT2D eigenvalue weighted by molar-refractivity contribution is 5.92. The van der Waals surface area contributed by atoms with Crippen molar-refractivity contribution in [2.24, 2.45) is 5.92 Å². The molecule has 6 heteroatoms. The van der Waals surface area contributed by atoms with E-state index < -0.39 is 12.1 Å². The van der Waals surface area contributed by atoms with E-state index in [1.807, 2.05) is 20.8 Å². The lowest BCUT2D eigenvalue weighted by atomic mass is 10.2. The van der Waals surface area contributed by atoms with Gasteiger partial charge in [0.1, 0.15) is 11.3 Å². The number of ether oxygens (including phenoxy) is 2. The summed E-state index contributed by atoms with van der Waals surface area (Å²) in [6, 6.07) is 6.37. The van der Waals surface area contributed by atoms with Crippen molar-refractivity contribution in [3.05, 3.63) is 29.8 Å². The Bertz CT molecular complexity index is 456. The fourth-order valence-electron chi connectivity index (χ4n) is 1.27. The molecule has 0 heterocycles. The summed E-state index contributed by atoms with van der Waals surface area (Å²) >= 11 is 0. The number of carbonyl (C=O) groups is 2. The molecular weight excluding hydrogens is 288 g/mol. The number of rotatable bonds is 6. The highest BCUT2D eigenvalue weighted by Gasteiger charge is 2.10. The van der Waals surface area contributed by atoms with Crippen molar-refractivity contribution < 1.29 is 29.3 Å². The molecule has 0 atom stereocenters. The van der Waals surface area contributed by atoms with Gasteiger partial charge in [0.15, 0.2) is 0 Å². The summed E-state index contributed by atoms with van der Waals surface area (Å²) in [6.45, 7) is 6.50. The number of unbranched alkanes of at least 4 members (excludes halogenated alkanes) is 1. The molecule has 1 aromatic carbocycles.